The molecule has 5 nitrogen and oxygen atoms in total. The number of hydrogen-bond donors (Lipinski definition) is 2. The Morgan fingerprint density at radius 1 is 1.24 bits per heavy atom. The van der Waals surface area contributed by atoms with Gasteiger partial charge in [-0.15, -0.1) is 0 Å². The number of halogens is 1. The van der Waals surface area contributed by atoms with Gasteiger partial charge in [0.2, 0.25) is 17.8 Å². The summed E-state index contributed by atoms with van der Waals surface area (Å²) in [6.45, 7) is 0. The van der Waals surface area contributed by atoms with Gasteiger partial charge in [0.15, 0.2) is 0 Å². The largest absolute Gasteiger partial charge is 0.295 e. The molecule has 2 N–H and O–H groups in total. The molecule has 17 heavy (non-hydrogen) atoms. The molecule has 0 bridgehead atoms. The highest BCUT2D eigenvalue weighted by Gasteiger charge is 2.34. The van der Waals surface area contributed by atoms with E-state index in [0.29, 0.717) is 10.6 Å². The summed E-state index contributed by atoms with van der Waals surface area (Å²) in [6, 6.07) is 6.66. The van der Waals surface area contributed by atoms with Crippen LogP contribution in [-0.2, 0) is 9.59 Å². The lowest BCUT2D eigenvalue weighted by Gasteiger charge is -2.23. The van der Waals surface area contributed by atoms with Crippen LogP contribution in [0.3, 0.4) is 0 Å². The number of carbonyl (C=O) groups is 2. The first-order valence-electron chi connectivity index (χ1n) is 4.96. The minimum absolute atomic E-state index is 0.165. The summed E-state index contributed by atoms with van der Waals surface area (Å²) in [7, 11) is 1.48. The molecule has 0 atom stereocenters. The molecule has 88 valence electrons. The number of carbonyl (C=O) groups excluding carboxylic acids is 2. The smallest absolute Gasteiger partial charge is 0.243 e. The van der Waals surface area contributed by atoms with Crippen molar-refractivity contribution in [1.29, 1.82) is 0 Å². The average molecular weight is 252 g/mol. The second-order valence-corrected chi connectivity index (χ2v) is 3.98. The Balaban J connectivity index is 2.33. The number of amides is 2. The third-order valence-corrected chi connectivity index (χ3v) is 2.65. The topological polar surface area (TPSA) is 70.6 Å². The van der Waals surface area contributed by atoms with Crippen LogP contribution in [0.4, 0.5) is 0 Å². The van der Waals surface area contributed by atoms with Crippen LogP contribution in [0.1, 0.15) is 11.5 Å². The molecule has 2 rings (SSSR count). The Morgan fingerprint density at radius 2 is 1.88 bits per heavy atom. The number of nitrogens with zero attached hydrogens (tertiary/aromatic N) is 1. The Hall–Kier alpha value is -1.88. The number of guanidine groups is 1. The van der Waals surface area contributed by atoms with Gasteiger partial charge in [-0.3, -0.25) is 25.2 Å². The first-order valence-corrected chi connectivity index (χ1v) is 5.33. The van der Waals surface area contributed by atoms with Crippen LogP contribution in [0, 0.1) is 0 Å². The second-order valence-electron chi connectivity index (χ2n) is 3.54. The predicted octanol–water partition coefficient (Wildman–Crippen LogP) is 0.655. The summed E-state index contributed by atoms with van der Waals surface area (Å²) in [6.07, 6.45) is 0. The molecule has 6 heteroatoms. The first kappa shape index (κ1) is 11.6. The van der Waals surface area contributed by atoms with E-state index >= 15 is 0 Å². The van der Waals surface area contributed by atoms with E-state index in [9.17, 15) is 9.59 Å². The zero-order valence-corrected chi connectivity index (χ0v) is 9.78. The summed E-state index contributed by atoms with van der Waals surface area (Å²) < 4.78 is 0. The number of rotatable bonds is 1. The molecule has 0 aromatic heterocycles. The van der Waals surface area contributed by atoms with Gasteiger partial charge in [-0.1, -0.05) is 23.7 Å². The van der Waals surface area contributed by atoms with Crippen LogP contribution in [0.2, 0.25) is 5.02 Å². The lowest BCUT2D eigenvalue weighted by atomic mass is 9.96. The van der Waals surface area contributed by atoms with Crippen LogP contribution in [0.15, 0.2) is 29.3 Å². The molecule has 0 radical (unpaired) electrons. The van der Waals surface area contributed by atoms with Crippen molar-refractivity contribution in [3.05, 3.63) is 34.9 Å². The van der Waals surface area contributed by atoms with E-state index in [-0.39, 0.29) is 5.96 Å². The van der Waals surface area contributed by atoms with Gasteiger partial charge in [-0.05, 0) is 17.7 Å². The lowest BCUT2D eigenvalue weighted by molar-refractivity contribution is -0.131. The summed E-state index contributed by atoms with van der Waals surface area (Å²) in [5.74, 6) is -1.54. The van der Waals surface area contributed by atoms with Crippen LogP contribution < -0.4 is 10.6 Å². The van der Waals surface area contributed by atoms with Gasteiger partial charge < -0.3 is 0 Å². The van der Waals surface area contributed by atoms with Crippen molar-refractivity contribution in [2.45, 2.75) is 5.92 Å². The zero-order valence-electron chi connectivity index (χ0n) is 9.03. The number of hydrogen-bond acceptors (Lipinski definition) is 3. The summed E-state index contributed by atoms with van der Waals surface area (Å²) in [4.78, 5) is 27.3. The molecule has 0 unspecified atom stereocenters. The fraction of sp³-hybridized carbons (Fsp3) is 0.182. The van der Waals surface area contributed by atoms with Crippen LogP contribution in [0.5, 0.6) is 0 Å². The van der Waals surface area contributed by atoms with Crippen molar-refractivity contribution in [2.24, 2.45) is 4.99 Å². The molecule has 2 amide bonds. The highest BCUT2D eigenvalue weighted by molar-refractivity contribution is 6.30. The minimum atomic E-state index is -0.890. The van der Waals surface area contributed by atoms with Gasteiger partial charge in [0, 0.05) is 12.1 Å². The predicted molar refractivity (Wildman–Crippen MR) is 63.8 cm³/mol. The van der Waals surface area contributed by atoms with Crippen molar-refractivity contribution in [1.82, 2.24) is 10.6 Å². The average Bonchev–Trinajstić information content (AvgIpc) is 2.28. The molecule has 1 aromatic rings. The van der Waals surface area contributed by atoms with Crippen molar-refractivity contribution < 1.29 is 9.59 Å². The van der Waals surface area contributed by atoms with E-state index in [1.54, 1.807) is 24.3 Å². The van der Waals surface area contributed by atoms with Gasteiger partial charge >= 0.3 is 0 Å². The Labute approximate surface area is 103 Å². The van der Waals surface area contributed by atoms with E-state index in [1.165, 1.54) is 7.05 Å². The quantitative estimate of drug-likeness (QED) is 0.720. The van der Waals surface area contributed by atoms with E-state index in [0.717, 1.165) is 0 Å². The number of aliphatic imine (C=N–C) groups is 1. The summed E-state index contributed by atoms with van der Waals surface area (Å²) >= 11 is 5.83. The van der Waals surface area contributed by atoms with E-state index < -0.39 is 17.7 Å². The Morgan fingerprint density at radius 3 is 2.41 bits per heavy atom. The summed E-state index contributed by atoms with van der Waals surface area (Å²) in [5.41, 5.74) is 0.558. The van der Waals surface area contributed by atoms with E-state index in [2.05, 4.69) is 15.6 Å². The first-order chi connectivity index (χ1) is 8.11. The van der Waals surface area contributed by atoms with Gasteiger partial charge in [0.1, 0.15) is 5.92 Å². The van der Waals surface area contributed by atoms with E-state index in [4.69, 9.17) is 11.6 Å². The van der Waals surface area contributed by atoms with Crippen molar-refractivity contribution in [2.75, 3.05) is 7.05 Å². The highest BCUT2D eigenvalue weighted by Crippen LogP contribution is 2.21. The SMILES string of the molecule is CN=C1NC(=O)C(c2cccc(Cl)c2)C(=O)N1. The van der Waals surface area contributed by atoms with Gasteiger partial charge in [0.05, 0.1) is 0 Å². The number of nitrogens with one attached hydrogen (secondary N) is 2. The fourth-order valence-electron chi connectivity index (χ4n) is 1.63. The van der Waals surface area contributed by atoms with Gasteiger partial charge in [-0.25, -0.2) is 0 Å². The molecule has 1 fully saturated rings. The molecule has 0 aliphatic carbocycles. The minimum Gasteiger partial charge on any atom is -0.295 e. The number of benzene rings is 1. The Bertz CT molecular complexity index is 493. The maximum atomic E-state index is 11.8. The van der Waals surface area contributed by atoms with E-state index in [1.807, 2.05) is 0 Å². The fourth-order valence-corrected chi connectivity index (χ4v) is 1.83. The molecule has 1 aliphatic rings. The van der Waals surface area contributed by atoms with Gasteiger partial charge in [0.25, 0.3) is 0 Å². The Kier molecular flexibility index (Phi) is 3.10. The summed E-state index contributed by atoms with van der Waals surface area (Å²) in [5, 5.41) is 5.49. The molecule has 0 saturated carbocycles. The standard InChI is InChI=1S/C11H10ClN3O2/c1-13-11-14-9(16)8(10(17)15-11)6-3-2-4-7(12)5-6/h2-5,8H,1H3,(H2,13,14,15,16,17). The molecule has 1 heterocycles. The third kappa shape index (κ3) is 2.29. The molecule has 1 saturated heterocycles. The molecule has 1 aromatic carbocycles. The zero-order chi connectivity index (χ0) is 12.4. The van der Waals surface area contributed by atoms with Crippen LogP contribution >= 0.6 is 11.6 Å². The van der Waals surface area contributed by atoms with Crippen molar-refractivity contribution in [3.8, 4) is 0 Å². The lowest BCUT2D eigenvalue weighted by Crippen LogP contribution is -2.55. The third-order valence-electron chi connectivity index (χ3n) is 2.41. The van der Waals surface area contributed by atoms with Crippen molar-refractivity contribution >= 4 is 29.4 Å². The monoisotopic (exact) mass is 251 g/mol. The molecule has 1 aliphatic heterocycles. The maximum Gasteiger partial charge on any atom is 0.243 e. The van der Waals surface area contributed by atoms with Crippen LogP contribution in [-0.4, -0.2) is 24.8 Å². The van der Waals surface area contributed by atoms with Crippen LogP contribution in [0.25, 0.3) is 0 Å². The van der Waals surface area contributed by atoms with Gasteiger partial charge in [-0.2, -0.15) is 0 Å². The highest BCUT2D eigenvalue weighted by atomic mass is 35.5. The second kappa shape index (κ2) is 4.55. The maximum absolute atomic E-state index is 11.8. The molecular formula is C11H10ClN3O2. The molecular weight excluding hydrogens is 242 g/mol. The van der Waals surface area contributed by atoms with Crippen molar-refractivity contribution in [3.63, 3.8) is 0 Å². The normalized spacial score (nSPS) is 19.6. The molecule has 0 spiro atoms.